The summed E-state index contributed by atoms with van der Waals surface area (Å²) in [7, 11) is -2.72. The molecule has 1 N–H and O–H groups in total. The smallest absolute Gasteiger partial charge is 0.747 e. The number of carbonyl (C=O) groups is 5. The third kappa shape index (κ3) is 30.2. The first-order chi connectivity index (χ1) is 29.0. The standard InChI is InChI=1S/C20H38O7S.C12H12O9S.C9H22NO2.Na/c1-5-9-11-16(7-3)14-26-19(21)13-18(28(23,24)25)20(22)27-15-17(8-4)12-10-6-2;1-20-8-4-2-3-7(6-13)11(8)21-10(14)5-9(12(15)16)22(17,18)19;1-5-10(2,3)6-7-12-9-8-11-4;/h16-18H,5-15H2,1-4H3,(H,23,24,25);2-4,6,9H,5H2,1H3,(H,15,16)(H,17,18,19);5-9H2,1-4H3;/q;;2*+1/p-2. The third-order valence-electron chi connectivity index (χ3n) is 9.67. The van der Waals surface area contributed by atoms with Crippen molar-refractivity contribution in [2.75, 3.05) is 74.4 Å². The molecule has 360 valence electrons. The molecule has 0 aliphatic rings. The first-order valence-corrected chi connectivity index (χ1v) is 23.6. The molecule has 0 saturated carbocycles. The van der Waals surface area contributed by atoms with Gasteiger partial charge in [-0.2, -0.15) is 8.42 Å². The van der Waals surface area contributed by atoms with E-state index < -0.39 is 67.5 Å². The average molecular weight is 952 g/mol. The van der Waals surface area contributed by atoms with E-state index in [0.717, 1.165) is 75.5 Å². The summed E-state index contributed by atoms with van der Waals surface area (Å²) in [6.07, 6.45) is 5.75. The monoisotopic (exact) mass is 951 g/mol. The predicted molar refractivity (Wildman–Crippen MR) is 226 cm³/mol. The maximum Gasteiger partial charge on any atom is 1.00 e. The maximum atomic E-state index is 12.1. The molecular weight excluding hydrogens is 882 g/mol. The number of para-hydroxylation sites is 1. The van der Waals surface area contributed by atoms with Crippen molar-refractivity contribution in [3.8, 4) is 11.5 Å². The van der Waals surface area contributed by atoms with Crippen LogP contribution in [0.2, 0.25) is 0 Å². The van der Waals surface area contributed by atoms with E-state index in [1.54, 1.807) is 7.11 Å². The number of rotatable bonds is 30. The van der Waals surface area contributed by atoms with Gasteiger partial charge in [-0.05, 0) is 43.7 Å². The summed E-state index contributed by atoms with van der Waals surface area (Å²) in [4.78, 5) is 57.3. The predicted octanol–water partition coefficient (Wildman–Crippen LogP) is 0.369. The van der Waals surface area contributed by atoms with Gasteiger partial charge in [0.15, 0.2) is 23.0 Å². The normalized spacial score (nSPS) is 13.2. The zero-order chi connectivity index (χ0) is 47.9. The summed E-state index contributed by atoms with van der Waals surface area (Å²) in [5.74, 6) is -5.49. The van der Waals surface area contributed by atoms with Crippen molar-refractivity contribution in [3.63, 3.8) is 0 Å². The molecule has 0 spiro atoms. The van der Waals surface area contributed by atoms with Gasteiger partial charge in [0, 0.05) is 7.11 Å². The van der Waals surface area contributed by atoms with E-state index in [9.17, 15) is 50.5 Å². The Hall–Kier alpha value is -2.73. The first-order valence-electron chi connectivity index (χ1n) is 20.7. The fraction of sp³-hybridized carbons (Fsp3) is 0.732. The van der Waals surface area contributed by atoms with E-state index in [1.807, 2.05) is 13.8 Å². The number of esters is 3. The van der Waals surface area contributed by atoms with Crippen LogP contribution in [-0.2, 0) is 58.4 Å². The van der Waals surface area contributed by atoms with Crippen LogP contribution in [0.3, 0.4) is 0 Å². The molecule has 0 saturated heterocycles. The third-order valence-corrected chi connectivity index (χ3v) is 11.8. The van der Waals surface area contributed by atoms with Crippen LogP contribution in [0, 0.1) is 11.8 Å². The summed E-state index contributed by atoms with van der Waals surface area (Å²) in [6.45, 7) is 14.9. The van der Waals surface area contributed by atoms with E-state index >= 15 is 0 Å². The molecule has 0 amide bonds. The first kappa shape index (κ1) is 64.6. The molecule has 0 radical (unpaired) electrons. The van der Waals surface area contributed by atoms with E-state index in [2.05, 4.69) is 34.9 Å². The van der Waals surface area contributed by atoms with Crippen molar-refractivity contribution in [2.24, 2.45) is 11.8 Å². The number of unbranched alkanes of at least 4 members (excludes halogenated alkanes) is 2. The number of carbonyl (C=O) groups excluding carboxylic acids is 5. The Labute approximate surface area is 396 Å². The number of aliphatic carboxylic acids is 1. The molecule has 0 aromatic heterocycles. The Balaban J connectivity index is -0.000000914. The second-order valence-corrected chi connectivity index (χ2v) is 18.1. The molecule has 4 atom stereocenters. The number of likely N-dealkylation sites (N-methyl/N-ethyl adjacent to an activating group) is 1. The van der Waals surface area contributed by atoms with Gasteiger partial charge >= 0.3 is 47.5 Å². The number of ether oxygens (including phenoxy) is 6. The van der Waals surface area contributed by atoms with Gasteiger partial charge in [-0.15, -0.1) is 0 Å². The maximum absolute atomic E-state index is 12.1. The number of aldehydes is 1. The van der Waals surface area contributed by atoms with Crippen LogP contribution >= 0.6 is 0 Å². The molecule has 63 heavy (non-hydrogen) atoms. The number of hydrogen-bond acceptors (Lipinski definition) is 17. The fourth-order valence-electron chi connectivity index (χ4n) is 5.04. The molecule has 4 unspecified atom stereocenters. The van der Waals surface area contributed by atoms with Crippen LogP contribution in [0.25, 0.3) is 0 Å². The molecule has 0 fully saturated rings. The number of quaternary nitrogens is 1. The van der Waals surface area contributed by atoms with Gasteiger partial charge in [0.25, 0.3) is 10.1 Å². The van der Waals surface area contributed by atoms with Crippen LogP contribution < -0.4 is 44.1 Å². The fourth-order valence-corrected chi connectivity index (χ4v) is 6.27. The summed E-state index contributed by atoms with van der Waals surface area (Å²) >= 11 is 0. The van der Waals surface area contributed by atoms with Crippen LogP contribution in [0.4, 0.5) is 0 Å². The number of hydrogen-bond donors (Lipinski definition) is 1. The number of carboxylic acids is 1. The second-order valence-electron chi connectivity index (χ2n) is 14.9. The van der Waals surface area contributed by atoms with E-state index in [1.165, 1.54) is 25.3 Å². The number of carboxylic acid groups (broad SMARTS) is 1. The quantitative estimate of drug-likeness (QED) is 0.0207. The Morgan fingerprint density at radius 3 is 1.78 bits per heavy atom. The average Bonchev–Trinajstić information content (AvgIpc) is 3.21. The Kier molecular flexibility index (Phi) is 36.4. The minimum absolute atomic E-state index is 0. The molecule has 19 nitrogen and oxygen atoms in total. The van der Waals surface area contributed by atoms with Gasteiger partial charge in [0.1, 0.15) is 21.9 Å². The van der Waals surface area contributed by atoms with Crippen molar-refractivity contribution >= 4 is 50.4 Å². The molecule has 0 aliphatic heterocycles. The van der Waals surface area contributed by atoms with Gasteiger partial charge < -0.3 is 47.4 Å². The molecule has 0 bridgehead atoms. The number of nitrogens with zero attached hydrogens (tertiary/aromatic N) is 1. The Morgan fingerprint density at radius 1 is 0.810 bits per heavy atom. The number of benzene rings is 1. The summed E-state index contributed by atoms with van der Waals surface area (Å²) in [6, 6.07) is 4.12. The van der Waals surface area contributed by atoms with E-state index in [-0.39, 0.29) is 71.7 Å². The van der Waals surface area contributed by atoms with Crippen LogP contribution in [0.5, 0.6) is 11.5 Å². The molecule has 22 heteroatoms. The van der Waals surface area contributed by atoms with Crippen LogP contribution in [-0.4, -0.2) is 146 Å². The second kappa shape index (κ2) is 35.5. The zero-order valence-electron chi connectivity index (χ0n) is 38.8. The van der Waals surface area contributed by atoms with Crippen molar-refractivity contribution in [1.82, 2.24) is 0 Å². The van der Waals surface area contributed by atoms with Crippen molar-refractivity contribution in [1.29, 1.82) is 0 Å². The minimum Gasteiger partial charge on any atom is -0.747 e. The Bertz CT molecular complexity index is 1690. The molecular formula is C41H70NNaO18S2. The van der Waals surface area contributed by atoms with Gasteiger partial charge in [0.2, 0.25) is 0 Å². The zero-order valence-corrected chi connectivity index (χ0v) is 42.4. The summed E-state index contributed by atoms with van der Waals surface area (Å²) < 4.78 is 95.9. The molecule has 1 aromatic carbocycles. The van der Waals surface area contributed by atoms with Crippen molar-refractivity contribution in [3.05, 3.63) is 23.8 Å². The minimum atomic E-state index is -5.05. The molecule has 1 rings (SSSR count). The Morgan fingerprint density at radius 2 is 1.35 bits per heavy atom. The number of methoxy groups -OCH3 is 2. The molecule has 0 heterocycles. The van der Waals surface area contributed by atoms with Crippen molar-refractivity contribution in [2.45, 2.75) is 109 Å². The van der Waals surface area contributed by atoms with Gasteiger partial charge in [-0.3, -0.25) is 23.7 Å². The van der Waals surface area contributed by atoms with Gasteiger partial charge in [0.05, 0.1) is 85.2 Å². The van der Waals surface area contributed by atoms with Crippen LogP contribution in [0.1, 0.15) is 109 Å². The SMILES string of the molecule is CCCCC(CC)COC(=O)CC(C(=O)OCC(CC)CCCC)S(=O)(=O)[O-].CC[N+](C)(C)CCOCCOC.COc1cccc(C=O)c1OC(=O)CC(C(=O)[O-])S(=O)(=O)O.[Na+]. The summed E-state index contributed by atoms with van der Waals surface area (Å²) in [5.41, 5.74) is -0.0652. The molecule has 1 aromatic rings. The van der Waals surface area contributed by atoms with E-state index in [4.69, 9.17) is 33.0 Å². The molecule has 0 aliphatic carbocycles. The topological polar surface area (TPSA) is 275 Å². The van der Waals surface area contributed by atoms with Crippen LogP contribution in [0.15, 0.2) is 18.2 Å². The summed E-state index contributed by atoms with van der Waals surface area (Å²) in [5, 5.41) is 6.11. The van der Waals surface area contributed by atoms with Crippen molar-refractivity contribution < 1.29 is 117 Å². The van der Waals surface area contributed by atoms with Gasteiger partial charge in [-0.1, -0.05) is 72.3 Å². The van der Waals surface area contributed by atoms with E-state index in [0.29, 0.717) is 19.5 Å². The largest absolute Gasteiger partial charge is 1.00 e. The van der Waals surface area contributed by atoms with Gasteiger partial charge in [-0.25, -0.2) is 8.42 Å².